The predicted molar refractivity (Wildman–Crippen MR) is 99.9 cm³/mol. The fourth-order valence-corrected chi connectivity index (χ4v) is 2.24. The van der Waals surface area contributed by atoms with Gasteiger partial charge in [0.1, 0.15) is 18.1 Å². The molecule has 11 heteroatoms. The minimum Gasteiger partial charge on any atom is -0.480 e. The molecule has 0 aliphatic rings. The van der Waals surface area contributed by atoms with Gasteiger partial charge in [0.15, 0.2) is 6.04 Å². The van der Waals surface area contributed by atoms with Crippen molar-refractivity contribution in [3.05, 3.63) is 0 Å². The summed E-state index contributed by atoms with van der Waals surface area (Å²) in [6.45, 7) is 7.55. The van der Waals surface area contributed by atoms with Crippen LogP contribution in [0, 0.1) is 5.92 Å². The molecule has 0 aromatic carbocycles. The lowest BCUT2D eigenvalue weighted by molar-refractivity contribution is -0.145. The monoisotopic (exact) mass is 404 g/mol. The van der Waals surface area contributed by atoms with Gasteiger partial charge in [-0.15, -0.1) is 0 Å². The molecule has 0 rings (SSSR count). The molecule has 28 heavy (non-hydrogen) atoms. The van der Waals surface area contributed by atoms with Crippen LogP contribution in [0.4, 0.5) is 0 Å². The number of aliphatic carboxylic acids is 1. The number of rotatable bonds is 11. The largest absolute Gasteiger partial charge is 0.480 e. The molecule has 11 nitrogen and oxygen atoms in total. The van der Waals surface area contributed by atoms with E-state index >= 15 is 0 Å². The van der Waals surface area contributed by atoms with Crippen LogP contribution in [0.5, 0.6) is 0 Å². The van der Waals surface area contributed by atoms with E-state index in [2.05, 4.69) is 16.0 Å². The van der Waals surface area contributed by atoms with Crippen molar-refractivity contribution in [3.63, 3.8) is 0 Å². The third-order valence-corrected chi connectivity index (χ3v) is 3.96. The fraction of sp³-hybridized carbons (Fsp3) is 0.765. The number of hydrogen-bond acceptors (Lipinski definition) is 7. The van der Waals surface area contributed by atoms with Gasteiger partial charge in [-0.3, -0.25) is 14.4 Å². The molecule has 0 saturated heterocycles. The number of carboxylic acid groups (broad SMARTS) is 1. The Morgan fingerprint density at radius 3 is 1.75 bits per heavy atom. The van der Waals surface area contributed by atoms with Crippen molar-refractivity contribution in [2.75, 3.05) is 0 Å². The maximum atomic E-state index is 12.5. The molecule has 3 amide bonds. The molecule has 0 aliphatic heterocycles. The number of carbonyl (C=O) groups excluding carboxylic acids is 3. The van der Waals surface area contributed by atoms with Crippen LogP contribution in [0.1, 0.15) is 41.0 Å². The van der Waals surface area contributed by atoms with Gasteiger partial charge in [0.05, 0.1) is 12.2 Å². The number of carboxylic acids is 1. The lowest BCUT2D eigenvalue weighted by Gasteiger charge is -2.25. The van der Waals surface area contributed by atoms with Gasteiger partial charge in [-0.25, -0.2) is 4.79 Å². The molecule has 6 unspecified atom stereocenters. The van der Waals surface area contributed by atoms with E-state index in [4.69, 9.17) is 10.8 Å². The minimum atomic E-state index is -1.53. The normalized spacial score (nSPS) is 17.6. The summed E-state index contributed by atoms with van der Waals surface area (Å²) < 4.78 is 0. The Morgan fingerprint density at radius 2 is 1.36 bits per heavy atom. The summed E-state index contributed by atoms with van der Waals surface area (Å²) in [5.74, 6) is -3.58. The second kappa shape index (κ2) is 11.6. The van der Waals surface area contributed by atoms with Gasteiger partial charge in [-0.05, 0) is 33.1 Å². The number of carbonyl (C=O) groups is 4. The molecule has 0 aromatic rings. The van der Waals surface area contributed by atoms with E-state index in [1.165, 1.54) is 20.8 Å². The van der Waals surface area contributed by atoms with Crippen LogP contribution >= 0.6 is 0 Å². The summed E-state index contributed by atoms with van der Waals surface area (Å²) >= 11 is 0. The van der Waals surface area contributed by atoms with Crippen molar-refractivity contribution >= 4 is 23.7 Å². The molecule has 0 heterocycles. The van der Waals surface area contributed by atoms with Crippen LogP contribution in [0.3, 0.4) is 0 Å². The molecule has 0 radical (unpaired) electrons. The highest BCUT2D eigenvalue weighted by atomic mass is 16.4. The van der Waals surface area contributed by atoms with Crippen molar-refractivity contribution in [2.45, 2.75) is 77.4 Å². The lowest BCUT2D eigenvalue weighted by atomic mass is 10.0. The summed E-state index contributed by atoms with van der Waals surface area (Å²) in [6, 6.07) is -4.86. The van der Waals surface area contributed by atoms with Gasteiger partial charge in [-0.2, -0.15) is 0 Å². The Morgan fingerprint density at radius 1 is 0.821 bits per heavy atom. The highest BCUT2D eigenvalue weighted by Gasteiger charge is 2.30. The van der Waals surface area contributed by atoms with Gasteiger partial charge >= 0.3 is 5.97 Å². The van der Waals surface area contributed by atoms with E-state index in [1.54, 1.807) is 0 Å². The highest BCUT2D eigenvalue weighted by molar-refractivity contribution is 5.94. The molecule has 0 spiro atoms. The van der Waals surface area contributed by atoms with Gasteiger partial charge in [0.25, 0.3) is 0 Å². The second-order valence-electron chi connectivity index (χ2n) is 7.25. The summed E-state index contributed by atoms with van der Waals surface area (Å²) in [7, 11) is 0. The first-order valence-corrected chi connectivity index (χ1v) is 9.03. The van der Waals surface area contributed by atoms with Crippen LogP contribution in [-0.2, 0) is 19.2 Å². The predicted octanol–water partition coefficient (Wildman–Crippen LogP) is -2.32. The molecule has 8 N–H and O–H groups in total. The topological polar surface area (TPSA) is 191 Å². The summed E-state index contributed by atoms with van der Waals surface area (Å²) in [6.07, 6.45) is -2.19. The first kappa shape index (κ1) is 25.8. The average Bonchev–Trinajstić information content (AvgIpc) is 2.56. The maximum Gasteiger partial charge on any atom is 0.328 e. The Kier molecular flexibility index (Phi) is 10.6. The Hall–Kier alpha value is -2.24. The molecule has 162 valence electrons. The Balaban J connectivity index is 5.07. The van der Waals surface area contributed by atoms with Gasteiger partial charge in [-0.1, -0.05) is 13.8 Å². The lowest BCUT2D eigenvalue weighted by Crippen LogP contribution is -2.58. The maximum absolute atomic E-state index is 12.5. The molecule has 0 fully saturated rings. The first-order chi connectivity index (χ1) is 12.8. The van der Waals surface area contributed by atoms with Crippen LogP contribution in [0.2, 0.25) is 0 Å². The van der Waals surface area contributed by atoms with Crippen molar-refractivity contribution in [3.8, 4) is 0 Å². The van der Waals surface area contributed by atoms with E-state index in [1.807, 2.05) is 13.8 Å². The standard InChI is InChI=1S/C17H32N4O7/c1-7(2)6-11(20-16(26)12(18)9(4)22)15(25)19-8(3)14(24)21-13(10(5)23)17(27)28/h7-13,22-23H,6,18H2,1-5H3,(H,19,25)(H,20,26)(H,21,24)(H,27,28). The summed E-state index contributed by atoms with van der Waals surface area (Å²) in [5.41, 5.74) is 5.56. The number of nitrogens with one attached hydrogen (secondary N) is 3. The van der Waals surface area contributed by atoms with Crippen molar-refractivity contribution in [2.24, 2.45) is 11.7 Å². The molecule has 0 bridgehead atoms. The molecule has 0 saturated carbocycles. The molecule has 0 aliphatic carbocycles. The van der Waals surface area contributed by atoms with E-state index in [-0.39, 0.29) is 12.3 Å². The smallest absolute Gasteiger partial charge is 0.328 e. The van der Waals surface area contributed by atoms with E-state index < -0.39 is 60.1 Å². The number of nitrogens with two attached hydrogens (primary N) is 1. The fourth-order valence-electron chi connectivity index (χ4n) is 2.24. The molecule has 6 atom stereocenters. The van der Waals surface area contributed by atoms with E-state index in [9.17, 15) is 29.4 Å². The molecular formula is C17H32N4O7. The minimum absolute atomic E-state index is 0.0228. The molecular weight excluding hydrogens is 372 g/mol. The number of hydrogen-bond donors (Lipinski definition) is 7. The zero-order chi connectivity index (χ0) is 22.2. The highest BCUT2D eigenvalue weighted by Crippen LogP contribution is 2.06. The van der Waals surface area contributed by atoms with Crippen molar-refractivity contribution in [1.82, 2.24) is 16.0 Å². The average molecular weight is 404 g/mol. The zero-order valence-corrected chi connectivity index (χ0v) is 16.8. The van der Waals surface area contributed by atoms with Crippen molar-refractivity contribution < 1.29 is 34.5 Å². The second-order valence-corrected chi connectivity index (χ2v) is 7.25. The Labute approximate surface area is 164 Å². The first-order valence-electron chi connectivity index (χ1n) is 9.03. The molecule has 0 aromatic heterocycles. The van der Waals surface area contributed by atoms with E-state index in [0.717, 1.165) is 0 Å². The van der Waals surface area contributed by atoms with Gasteiger partial charge < -0.3 is 37.0 Å². The third-order valence-electron chi connectivity index (χ3n) is 3.96. The quantitative estimate of drug-likeness (QED) is 0.199. The summed E-state index contributed by atoms with van der Waals surface area (Å²) in [5, 5.41) is 34.8. The number of aliphatic hydroxyl groups is 2. The van der Waals surface area contributed by atoms with Crippen LogP contribution in [0.15, 0.2) is 0 Å². The van der Waals surface area contributed by atoms with Crippen LogP contribution in [0.25, 0.3) is 0 Å². The van der Waals surface area contributed by atoms with Crippen LogP contribution < -0.4 is 21.7 Å². The Bertz CT molecular complexity index is 566. The van der Waals surface area contributed by atoms with Gasteiger partial charge in [0.2, 0.25) is 17.7 Å². The summed E-state index contributed by atoms with van der Waals surface area (Å²) in [4.78, 5) is 47.7. The van der Waals surface area contributed by atoms with Gasteiger partial charge in [0, 0.05) is 0 Å². The number of amides is 3. The van der Waals surface area contributed by atoms with E-state index in [0.29, 0.717) is 0 Å². The third kappa shape index (κ3) is 8.63. The SMILES string of the molecule is CC(C)CC(NC(=O)C(N)C(C)O)C(=O)NC(C)C(=O)NC(C(=O)O)C(C)O. The van der Waals surface area contributed by atoms with Crippen molar-refractivity contribution in [1.29, 1.82) is 0 Å². The van der Waals surface area contributed by atoms with Crippen LogP contribution in [-0.4, -0.2) is 75.4 Å². The zero-order valence-electron chi connectivity index (χ0n) is 16.8. The number of aliphatic hydroxyl groups excluding tert-OH is 2.